The highest BCUT2D eigenvalue weighted by Gasteiger charge is 1.99. The molecular formula is C9H12N4. The van der Waals surface area contributed by atoms with Crippen LogP contribution in [0.15, 0.2) is 24.5 Å². The highest BCUT2D eigenvalue weighted by Crippen LogP contribution is 2.16. The average molecular weight is 176 g/mol. The number of aromatic nitrogens is 2. The van der Waals surface area contributed by atoms with Gasteiger partial charge in [0.2, 0.25) is 0 Å². The first-order valence-electron chi connectivity index (χ1n) is 4.16. The summed E-state index contributed by atoms with van der Waals surface area (Å²) in [5, 5.41) is 3.04. The minimum atomic E-state index is 0.443. The van der Waals surface area contributed by atoms with Gasteiger partial charge in [0.15, 0.2) is 0 Å². The van der Waals surface area contributed by atoms with Crippen LogP contribution >= 0.6 is 0 Å². The summed E-state index contributed by atoms with van der Waals surface area (Å²) in [6.45, 7) is 0.443. The van der Waals surface area contributed by atoms with Crippen LogP contribution < -0.4 is 11.1 Å². The second kappa shape index (κ2) is 3.06. The van der Waals surface area contributed by atoms with Gasteiger partial charge < -0.3 is 15.6 Å². The molecular weight excluding hydrogens is 164 g/mol. The van der Waals surface area contributed by atoms with Gasteiger partial charge in [0.25, 0.3) is 0 Å². The molecule has 2 aromatic rings. The van der Waals surface area contributed by atoms with E-state index in [0.717, 1.165) is 16.7 Å². The summed E-state index contributed by atoms with van der Waals surface area (Å²) in [5.41, 5.74) is 8.50. The number of hydrogen-bond donors (Lipinski definition) is 2. The third-order valence-electron chi connectivity index (χ3n) is 2.03. The van der Waals surface area contributed by atoms with Gasteiger partial charge in [0.1, 0.15) is 0 Å². The van der Waals surface area contributed by atoms with E-state index in [1.165, 1.54) is 0 Å². The highest BCUT2D eigenvalue weighted by atomic mass is 15.0. The molecule has 13 heavy (non-hydrogen) atoms. The van der Waals surface area contributed by atoms with E-state index in [-0.39, 0.29) is 0 Å². The van der Waals surface area contributed by atoms with Crippen LogP contribution in [0, 0.1) is 0 Å². The number of benzene rings is 1. The lowest BCUT2D eigenvalue weighted by molar-refractivity contribution is 0.947. The standard InChI is InChI=1S/C9H12N4/c1-13-6-12-8-4-7(11-5-10)2-3-9(8)13/h2-4,6,11H,5,10H2,1H3. The Balaban J connectivity index is 2.50. The van der Waals surface area contributed by atoms with E-state index in [4.69, 9.17) is 5.73 Å². The Morgan fingerprint density at radius 1 is 1.54 bits per heavy atom. The minimum absolute atomic E-state index is 0.443. The van der Waals surface area contributed by atoms with E-state index in [9.17, 15) is 0 Å². The number of hydrogen-bond acceptors (Lipinski definition) is 3. The molecule has 0 saturated heterocycles. The minimum Gasteiger partial charge on any atom is -0.373 e. The van der Waals surface area contributed by atoms with E-state index < -0.39 is 0 Å². The maximum atomic E-state index is 5.37. The van der Waals surface area contributed by atoms with Crippen molar-refractivity contribution in [1.82, 2.24) is 9.55 Å². The van der Waals surface area contributed by atoms with Crippen molar-refractivity contribution in [2.75, 3.05) is 12.0 Å². The Labute approximate surface area is 76.4 Å². The lowest BCUT2D eigenvalue weighted by atomic mass is 10.3. The zero-order valence-corrected chi connectivity index (χ0v) is 7.49. The van der Waals surface area contributed by atoms with Crippen LogP contribution in [-0.4, -0.2) is 16.2 Å². The van der Waals surface area contributed by atoms with Gasteiger partial charge in [-0.2, -0.15) is 0 Å². The molecule has 0 radical (unpaired) electrons. The summed E-state index contributed by atoms with van der Waals surface area (Å²) in [5.74, 6) is 0. The summed E-state index contributed by atoms with van der Waals surface area (Å²) in [6, 6.07) is 6.01. The Hall–Kier alpha value is -1.55. The van der Waals surface area contributed by atoms with Crippen LogP contribution in [-0.2, 0) is 7.05 Å². The third kappa shape index (κ3) is 1.36. The highest BCUT2D eigenvalue weighted by molar-refractivity contribution is 5.79. The molecule has 1 heterocycles. The lowest BCUT2D eigenvalue weighted by Gasteiger charge is -2.02. The second-order valence-corrected chi connectivity index (χ2v) is 2.94. The van der Waals surface area contributed by atoms with Gasteiger partial charge in [0, 0.05) is 12.7 Å². The first-order valence-corrected chi connectivity index (χ1v) is 4.16. The largest absolute Gasteiger partial charge is 0.373 e. The van der Waals surface area contributed by atoms with Crippen molar-refractivity contribution in [2.24, 2.45) is 12.8 Å². The normalized spacial score (nSPS) is 10.6. The van der Waals surface area contributed by atoms with E-state index in [0.29, 0.717) is 6.67 Å². The van der Waals surface area contributed by atoms with Crippen molar-refractivity contribution < 1.29 is 0 Å². The van der Waals surface area contributed by atoms with Crippen molar-refractivity contribution in [1.29, 1.82) is 0 Å². The molecule has 0 saturated carbocycles. The van der Waals surface area contributed by atoms with Gasteiger partial charge in [-0.15, -0.1) is 0 Å². The molecule has 0 atom stereocenters. The third-order valence-corrected chi connectivity index (χ3v) is 2.03. The zero-order chi connectivity index (χ0) is 9.26. The molecule has 68 valence electrons. The van der Waals surface area contributed by atoms with E-state index in [2.05, 4.69) is 10.3 Å². The molecule has 0 unspecified atom stereocenters. The van der Waals surface area contributed by atoms with Crippen molar-refractivity contribution >= 4 is 16.7 Å². The Bertz CT molecular complexity index is 418. The number of imidazole rings is 1. The maximum absolute atomic E-state index is 5.37. The number of fused-ring (bicyclic) bond motifs is 1. The van der Waals surface area contributed by atoms with Gasteiger partial charge >= 0.3 is 0 Å². The van der Waals surface area contributed by atoms with Crippen molar-refractivity contribution in [3.63, 3.8) is 0 Å². The van der Waals surface area contributed by atoms with Crippen molar-refractivity contribution in [3.8, 4) is 0 Å². The first kappa shape index (κ1) is 8.07. The quantitative estimate of drug-likeness (QED) is 0.668. The van der Waals surface area contributed by atoms with Gasteiger partial charge in [-0.25, -0.2) is 4.98 Å². The van der Waals surface area contributed by atoms with Crippen LogP contribution in [0.2, 0.25) is 0 Å². The molecule has 2 rings (SSSR count). The van der Waals surface area contributed by atoms with Crippen LogP contribution in [0.25, 0.3) is 11.0 Å². The molecule has 0 aliphatic rings. The predicted molar refractivity (Wildman–Crippen MR) is 53.4 cm³/mol. The summed E-state index contributed by atoms with van der Waals surface area (Å²) in [4.78, 5) is 4.24. The molecule has 0 amide bonds. The van der Waals surface area contributed by atoms with Gasteiger partial charge in [-0.1, -0.05) is 0 Å². The van der Waals surface area contributed by atoms with Gasteiger partial charge in [0.05, 0.1) is 24.0 Å². The topological polar surface area (TPSA) is 55.9 Å². The summed E-state index contributed by atoms with van der Waals surface area (Å²) >= 11 is 0. The van der Waals surface area contributed by atoms with E-state index in [1.807, 2.05) is 29.8 Å². The molecule has 1 aromatic heterocycles. The molecule has 4 heteroatoms. The molecule has 0 fully saturated rings. The first-order chi connectivity index (χ1) is 6.31. The molecule has 0 bridgehead atoms. The summed E-state index contributed by atoms with van der Waals surface area (Å²) in [6.07, 6.45) is 1.80. The van der Waals surface area contributed by atoms with Crippen LogP contribution in [0.4, 0.5) is 5.69 Å². The molecule has 0 spiro atoms. The average Bonchev–Trinajstić information content (AvgIpc) is 2.48. The van der Waals surface area contributed by atoms with Crippen LogP contribution in [0.1, 0.15) is 0 Å². The second-order valence-electron chi connectivity index (χ2n) is 2.94. The smallest absolute Gasteiger partial charge is 0.0955 e. The predicted octanol–water partition coefficient (Wildman–Crippen LogP) is 0.901. The fourth-order valence-electron chi connectivity index (χ4n) is 1.36. The number of nitrogens with zero attached hydrogens (tertiary/aromatic N) is 2. The fraction of sp³-hybridized carbons (Fsp3) is 0.222. The SMILES string of the molecule is Cn1cnc2cc(NCN)ccc21. The van der Waals surface area contributed by atoms with Gasteiger partial charge in [-0.3, -0.25) is 0 Å². The number of anilines is 1. The molecule has 0 aliphatic heterocycles. The summed E-state index contributed by atoms with van der Waals surface area (Å²) in [7, 11) is 1.98. The molecule has 1 aromatic carbocycles. The monoisotopic (exact) mass is 176 g/mol. The number of aryl methyl sites for hydroxylation is 1. The lowest BCUT2D eigenvalue weighted by Crippen LogP contribution is -2.10. The Kier molecular flexibility index (Phi) is 1.90. The number of nitrogens with two attached hydrogens (primary N) is 1. The summed E-state index contributed by atoms with van der Waals surface area (Å²) < 4.78 is 1.99. The van der Waals surface area contributed by atoms with Crippen LogP contribution in [0.5, 0.6) is 0 Å². The van der Waals surface area contributed by atoms with Crippen molar-refractivity contribution in [3.05, 3.63) is 24.5 Å². The van der Waals surface area contributed by atoms with Crippen molar-refractivity contribution in [2.45, 2.75) is 0 Å². The zero-order valence-electron chi connectivity index (χ0n) is 7.49. The fourth-order valence-corrected chi connectivity index (χ4v) is 1.36. The maximum Gasteiger partial charge on any atom is 0.0955 e. The van der Waals surface area contributed by atoms with Crippen LogP contribution in [0.3, 0.4) is 0 Å². The van der Waals surface area contributed by atoms with Gasteiger partial charge in [-0.05, 0) is 18.2 Å². The van der Waals surface area contributed by atoms with E-state index in [1.54, 1.807) is 6.33 Å². The Morgan fingerprint density at radius 3 is 3.15 bits per heavy atom. The number of nitrogens with one attached hydrogen (secondary N) is 1. The number of rotatable bonds is 2. The molecule has 3 N–H and O–H groups in total. The Morgan fingerprint density at radius 2 is 2.38 bits per heavy atom. The molecule has 4 nitrogen and oxygen atoms in total. The van der Waals surface area contributed by atoms with E-state index >= 15 is 0 Å². The molecule has 0 aliphatic carbocycles.